The number of pyridine rings is 1. The zero-order valence-corrected chi connectivity index (χ0v) is 8.04. The van der Waals surface area contributed by atoms with Crippen molar-refractivity contribution in [1.82, 2.24) is 4.98 Å². The molecular formula is C9H11N3O3. The summed E-state index contributed by atoms with van der Waals surface area (Å²) in [5, 5.41) is 19.7. The predicted molar refractivity (Wildman–Crippen MR) is 53.7 cm³/mol. The van der Waals surface area contributed by atoms with Crippen LogP contribution in [0.1, 0.15) is 6.42 Å². The fourth-order valence-corrected chi connectivity index (χ4v) is 1.65. The van der Waals surface area contributed by atoms with Gasteiger partial charge in [0.2, 0.25) is 0 Å². The van der Waals surface area contributed by atoms with E-state index in [1.54, 1.807) is 6.07 Å². The average molecular weight is 209 g/mol. The van der Waals surface area contributed by atoms with E-state index >= 15 is 0 Å². The molecule has 6 nitrogen and oxygen atoms in total. The highest BCUT2D eigenvalue weighted by molar-refractivity contribution is 5.47. The lowest BCUT2D eigenvalue weighted by Crippen LogP contribution is -2.21. The Morgan fingerprint density at radius 2 is 2.40 bits per heavy atom. The van der Waals surface area contributed by atoms with Gasteiger partial charge in [-0.15, -0.1) is 0 Å². The first kappa shape index (κ1) is 9.85. The number of nitrogens with zero attached hydrogens (tertiary/aromatic N) is 3. The van der Waals surface area contributed by atoms with Gasteiger partial charge in [-0.3, -0.25) is 0 Å². The highest BCUT2D eigenvalue weighted by Crippen LogP contribution is 2.20. The molecule has 0 unspecified atom stereocenters. The second-order valence-corrected chi connectivity index (χ2v) is 3.52. The number of rotatable bonds is 2. The number of nitro groups is 1. The van der Waals surface area contributed by atoms with E-state index in [2.05, 4.69) is 4.98 Å². The highest BCUT2D eigenvalue weighted by atomic mass is 16.6. The quantitative estimate of drug-likeness (QED) is 0.568. The lowest BCUT2D eigenvalue weighted by Gasteiger charge is -2.15. The molecule has 0 amide bonds. The average Bonchev–Trinajstić information content (AvgIpc) is 2.65. The van der Waals surface area contributed by atoms with E-state index in [1.807, 2.05) is 4.90 Å². The largest absolute Gasteiger partial charge is 0.391 e. The van der Waals surface area contributed by atoms with E-state index in [4.69, 9.17) is 0 Å². The van der Waals surface area contributed by atoms with Crippen LogP contribution < -0.4 is 4.90 Å². The van der Waals surface area contributed by atoms with Crippen molar-refractivity contribution in [2.75, 3.05) is 18.0 Å². The third-order valence-electron chi connectivity index (χ3n) is 2.45. The van der Waals surface area contributed by atoms with Crippen LogP contribution in [-0.4, -0.2) is 34.2 Å². The number of aliphatic hydroxyl groups is 1. The van der Waals surface area contributed by atoms with Gasteiger partial charge in [0.25, 0.3) is 0 Å². The Balaban J connectivity index is 2.13. The van der Waals surface area contributed by atoms with Crippen LogP contribution in [-0.2, 0) is 0 Å². The lowest BCUT2D eigenvalue weighted by atomic mass is 10.3. The first-order valence-electron chi connectivity index (χ1n) is 4.70. The number of aromatic nitrogens is 1. The summed E-state index contributed by atoms with van der Waals surface area (Å²) in [6, 6.07) is 3.03. The van der Waals surface area contributed by atoms with E-state index in [1.165, 1.54) is 12.3 Å². The normalized spacial score (nSPS) is 20.6. The zero-order valence-electron chi connectivity index (χ0n) is 8.04. The van der Waals surface area contributed by atoms with Crippen molar-refractivity contribution in [3.8, 4) is 0 Å². The molecule has 2 rings (SSSR count). The van der Waals surface area contributed by atoms with Crippen molar-refractivity contribution in [3.05, 3.63) is 28.4 Å². The van der Waals surface area contributed by atoms with Crippen LogP contribution in [0, 0.1) is 10.1 Å². The molecule has 0 spiro atoms. The SMILES string of the molecule is O=[N+]([O-])c1ccc(N2CC[C@H](O)C2)cn1. The van der Waals surface area contributed by atoms with Crippen molar-refractivity contribution < 1.29 is 10.0 Å². The Hall–Kier alpha value is -1.69. The van der Waals surface area contributed by atoms with Crippen LogP contribution in [0.25, 0.3) is 0 Å². The molecule has 1 saturated heterocycles. The van der Waals surface area contributed by atoms with E-state index in [0.29, 0.717) is 6.54 Å². The van der Waals surface area contributed by atoms with Gasteiger partial charge in [-0.05, 0) is 22.4 Å². The molecule has 1 atom stereocenters. The van der Waals surface area contributed by atoms with Gasteiger partial charge in [0.15, 0.2) is 6.20 Å². The van der Waals surface area contributed by atoms with Crippen molar-refractivity contribution >= 4 is 11.5 Å². The summed E-state index contributed by atoms with van der Waals surface area (Å²) in [7, 11) is 0. The van der Waals surface area contributed by atoms with Gasteiger partial charge in [0, 0.05) is 19.2 Å². The molecule has 0 aliphatic carbocycles. The molecule has 1 aromatic rings. The van der Waals surface area contributed by atoms with Crippen LogP contribution in [0.4, 0.5) is 11.5 Å². The number of anilines is 1. The topological polar surface area (TPSA) is 79.5 Å². The number of β-amino-alcohol motifs (C(OH)–C–C–N with tert-alkyl or cyclic N) is 1. The van der Waals surface area contributed by atoms with Gasteiger partial charge in [-0.1, -0.05) is 0 Å². The summed E-state index contributed by atoms with van der Waals surface area (Å²) in [5.41, 5.74) is 0.817. The molecule has 1 aliphatic rings. The van der Waals surface area contributed by atoms with E-state index in [0.717, 1.165) is 18.7 Å². The summed E-state index contributed by atoms with van der Waals surface area (Å²) < 4.78 is 0. The second-order valence-electron chi connectivity index (χ2n) is 3.52. The van der Waals surface area contributed by atoms with Crippen LogP contribution in [0.2, 0.25) is 0 Å². The Morgan fingerprint density at radius 3 is 2.87 bits per heavy atom. The summed E-state index contributed by atoms with van der Waals surface area (Å²) in [4.78, 5) is 15.5. The van der Waals surface area contributed by atoms with E-state index in [9.17, 15) is 15.2 Å². The molecule has 80 valence electrons. The summed E-state index contributed by atoms with van der Waals surface area (Å²) in [5.74, 6) is -0.154. The van der Waals surface area contributed by atoms with Crippen LogP contribution >= 0.6 is 0 Å². The standard InChI is InChI=1S/C9H11N3O3/c13-8-3-4-11(6-8)7-1-2-9(10-5-7)12(14)15/h1-2,5,8,13H,3-4,6H2/t8-/m0/s1. The van der Waals surface area contributed by atoms with Gasteiger partial charge in [-0.25, -0.2) is 0 Å². The maximum absolute atomic E-state index is 10.4. The molecule has 1 aliphatic heterocycles. The van der Waals surface area contributed by atoms with Crippen molar-refractivity contribution in [2.24, 2.45) is 0 Å². The first-order chi connectivity index (χ1) is 7.16. The minimum atomic E-state index is -0.525. The highest BCUT2D eigenvalue weighted by Gasteiger charge is 2.21. The summed E-state index contributed by atoms with van der Waals surface area (Å²) in [6.07, 6.45) is 1.90. The second kappa shape index (κ2) is 3.82. The minimum Gasteiger partial charge on any atom is -0.391 e. The Labute approximate surface area is 86.3 Å². The fraction of sp³-hybridized carbons (Fsp3) is 0.444. The van der Waals surface area contributed by atoms with Gasteiger partial charge in [0.1, 0.15) is 0 Å². The Morgan fingerprint density at radius 1 is 1.60 bits per heavy atom. The molecule has 0 saturated carbocycles. The molecule has 15 heavy (non-hydrogen) atoms. The number of hydrogen-bond donors (Lipinski definition) is 1. The number of aliphatic hydroxyl groups excluding tert-OH is 1. The van der Waals surface area contributed by atoms with Gasteiger partial charge < -0.3 is 20.1 Å². The van der Waals surface area contributed by atoms with Gasteiger partial charge >= 0.3 is 5.82 Å². The monoisotopic (exact) mass is 209 g/mol. The van der Waals surface area contributed by atoms with Gasteiger partial charge in [0.05, 0.1) is 11.8 Å². The lowest BCUT2D eigenvalue weighted by molar-refractivity contribution is -0.389. The van der Waals surface area contributed by atoms with Crippen LogP contribution in [0.15, 0.2) is 18.3 Å². The molecule has 2 heterocycles. The maximum Gasteiger partial charge on any atom is 0.363 e. The van der Waals surface area contributed by atoms with Crippen molar-refractivity contribution in [2.45, 2.75) is 12.5 Å². The summed E-state index contributed by atoms with van der Waals surface area (Å²) in [6.45, 7) is 1.33. The molecule has 0 bridgehead atoms. The third-order valence-corrected chi connectivity index (χ3v) is 2.45. The van der Waals surface area contributed by atoms with Gasteiger partial charge in [-0.2, -0.15) is 0 Å². The molecule has 0 radical (unpaired) electrons. The molecule has 1 aromatic heterocycles. The maximum atomic E-state index is 10.4. The van der Waals surface area contributed by atoms with Crippen molar-refractivity contribution in [1.29, 1.82) is 0 Å². The first-order valence-corrected chi connectivity index (χ1v) is 4.70. The molecule has 1 fully saturated rings. The minimum absolute atomic E-state index is 0.154. The van der Waals surface area contributed by atoms with E-state index in [-0.39, 0.29) is 11.9 Å². The molecule has 1 N–H and O–H groups in total. The predicted octanol–water partition coefficient (Wildman–Crippen LogP) is 0.561. The van der Waals surface area contributed by atoms with E-state index < -0.39 is 4.92 Å². The van der Waals surface area contributed by atoms with Crippen molar-refractivity contribution in [3.63, 3.8) is 0 Å². The molecular weight excluding hydrogens is 198 g/mol. The Kier molecular flexibility index (Phi) is 2.51. The number of hydrogen-bond acceptors (Lipinski definition) is 5. The fourth-order valence-electron chi connectivity index (χ4n) is 1.65. The molecule has 0 aromatic carbocycles. The molecule has 6 heteroatoms. The van der Waals surface area contributed by atoms with Crippen LogP contribution in [0.5, 0.6) is 0 Å². The Bertz CT molecular complexity index is 365. The van der Waals surface area contributed by atoms with Crippen LogP contribution in [0.3, 0.4) is 0 Å². The third kappa shape index (κ3) is 2.04. The smallest absolute Gasteiger partial charge is 0.363 e. The summed E-state index contributed by atoms with van der Waals surface area (Å²) >= 11 is 0. The zero-order chi connectivity index (χ0) is 10.8.